The Morgan fingerprint density at radius 2 is 2.38 bits per heavy atom. The first-order chi connectivity index (χ1) is 6.61. The number of ether oxygens (including phenoxy) is 3. The van der Waals surface area contributed by atoms with Crippen molar-refractivity contribution in [3.05, 3.63) is 0 Å². The van der Waals surface area contributed by atoms with Crippen molar-refractivity contribution in [2.45, 2.75) is 23.9 Å². The summed E-state index contributed by atoms with van der Waals surface area (Å²) < 4.78 is 23.2. The molecule has 5 nitrogen and oxygen atoms in total. The van der Waals surface area contributed by atoms with Gasteiger partial charge in [0.2, 0.25) is 0 Å². The lowest BCUT2D eigenvalue weighted by molar-refractivity contribution is -0.403. The molecule has 1 saturated carbocycles. The van der Waals surface area contributed by atoms with Crippen LogP contribution >= 0.6 is 0 Å². The van der Waals surface area contributed by atoms with Crippen molar-refractivity contribution in [2.24, 2.45) is 5.92 Å². The Morgan fingerprint density at radius 1 is 1.54 bits per heavy atom. The summed E-state index contributed by atoms with van der Waals surface area (Å²) in [6.07, 6.45) is -0.272. The third-order valence-corrected chi connectivity index (χ3v) is 3.21. The van der Waals surface area contributed by atoms with Crippen LogP contribution in [0, 0.1) is 5.92 Å². The highest BCUT2D eigenvalue weighted by Gasteiger charge is 2.72. The van der Waals surface area contributed by atoms with Crippen molar-refractivity contribution < 1.29 is 25.8 Å². The van der Waals surface area contributed by atoms with Gasteiger partial charge in [-0.25, -0.2) is 0 Å². The van der Waals surface area contributed by atoms with E-state index in [1.807, 2.05) is 0 Å². The summed E-state index contributed by atoms with van der Waals surface area (Å²) >= 11 is 0. The maximum atomic E-state index is 9.95. The van der Waals surface area contributed by atoms with Gasteiger partial charge in [-0.2, -0.15) is 0 Å². The van der Waals surface area contributed by atoms with Crippen LogP contribution in [-0.4, -0.2) is 47.7 Å². The molecule has 13 heavy (non-hydrogen) atoms. The van der Waals surface area contributed by atoms with Crippen molar-refractivity contribution >= 4 is 0 Å². The van der Waals surface area contributed by atoms with E-state index in [4.69, 9.17) is 15.6 Å². The zero-order valence-corrected chi connectivity index (χ0v) is 6.97. The van der Waals surface area contributed by atoms with Gasteiger partial charge in [-0.3, -0.25) is 0 Å². The van der Waals surface area contributed by atoms with Gasteiger partial charge in [0, 0.05) is 6.42 Å². The molecule has 2 aliphatic heterocycles. The predicted molar refractivity (Wildman–Crippen MR) is 39.7 cm³/mol. The second-order valence-corrected chi connectivity index (χ2v) is 3.87. The summed E-state index contributed by atoms with van der Waals surface area (Å²) in [5.74, 6) is -1.70. The Morgan fingerprint density at radius 3 is 3.15 bits per heavy atom. The quantitative estimate of drug-likeness (QED) is 0.545. The van der Waals surface area contributed by atoms with Gasteiger partial charge in [-0.15, -0.1) is 0 Å². The molecule has 0 radical (unpaired) electrons. The second-order valence-electron chi connectivity index (χ2n) is 3.87. The fraction of sp³-hybridized carbons (Fsp3) is 1.00. The number of hydrogen-bond acceptors (Lipinski definition) is 5. The summed E-state index contributed by atoms with van der Waals surface area (Å²) in [6.45, 7) is -1.07. The molecule has 3 aliphatic rings. The zero-order chi connectivity index (χ0) is 9.97. The molecule has 2 heterocycles. The average Bonchev–Trinajstić information content (AvgIpc) is 2.39. The second kappa shape index (κ2) is 2.24. The average molecular weight is 190 g/mol. The van der Waals surface area contributed by atoms with Crippen LogP contribution in [0.15, 0.2) is 0 Å². The molecule has 0 amide bonds. The van der Waals surface area contributed by atoms with Gasteiger partial charge in [-0.1, -0.05) is 0 Å². The van der Waals surface area contributed by atoms with E-state index < -0.39 is 30.0 Å². The number of rotatable bonds is 1. The van der Waals surface area contributed by atoms with Crippen molar-refractivity contribution in [3.8, 4) is 0 Å². The van der Waals surface area contributed by atoms with Crippen molar-refractivity contribution in [2.75, 3.05) is 20.0 Å². The Balaban J connectivity index is 1.96. The largest absolute Gasteiger partial charge is 0.393 e. The minimum atomic E-state index is -1.26. The van der Waals surface area contributed by atoms with Gasteiger partial charge in [0.05, 0.1) is 26.6 Å². The normalized spacial score (nSPS) is 65.4. The van der Waals surface area contributed by atoms with Crippen molar-refractivity contribution in [3.63, 3.8) is 0 Å². The van der Waals surface area contributed by atoms with Gasteiger partial charge in [-0.05, 0) is 0 Å². The van der Waals surface area contributed by atoms with E-state index in [0.717, 1.165) is 0 Å². The molecule has 0 bridgehead atoms. The number of aliphatic hydroxyl groups is 2. The summed E-state index contributed by atoms with van der Waals surface area (Å²) in [5, 5.41) is 19.2. The lowest BCUT2D eigenvalue weighted by atomic mass is 9.63. The number of aliphatic hydroxyl groups excluding tert-OH is 1. The maximum absolute atomic E-state index is 9.95. The molecular weight excluding hydrogens is 176 g/mol. The first kappa shape index (κ1) is 7.14. The Bertz CT molecular complexity index is 274. The third kappa shape index (κ3) is 0.793. The van der Waals surface area contributed by atoms with Crippen LogP contribution in [0.25, 0.3) is 0 Å². The van der Waals surface area contributed by atoms with Crippen LogP contribution in [-0.2, 0) is 14.2 Å². The highest BCUT2D eigenvalue weighted by molar-refractivity contribution is 5.16. The lowest BCUT2D eigenvalue weighted by Crippen LogP contribution is -2.71. The van der Waals surface area contributed by atoms with Crippen LogP contribution in [0.2, 0.25) is 0 Å². The van der Waals surface area contributed by atoms with E-state index in [2.05, 4.69) is 0 Å². The third-order valence-electron chi connectivity index (χ3n) is 3.21. The molecule has 2 unspecified atom stereocenters. The summed E-state index contributed by atoms with van der Waals surface area (Å²) in [6, 6.07) is 0. The Hall–Kier alpha value is -0.200. The maximum Gasteiger partial charge on any atom is 0.179 e. The summed E-state index contributed by atoms with van der Waals surface area (Å²) in [7, 11) is 0. The molecule has 3 rings (SSSR count). The van der Waals surface area contributed by atoms with E-state index in [1.54, 1.807) is 0 Å². The highest BCUT2D eigenvalue weighted by atomic mass is 16.8. The van der Waals surface area contributed by atoms with Crippen molar-refractivity contribution in [1.82, 2.24) is 0 Å². The fourth-order valence-electron chi connectivity index (χ4n) is 2.56. The first-order valence-electron chi connectivity index (χ1n) is 4.88. The van der Waals surface area contributed by atoms with Gasteiger partial charge in [0.25, 0.3) is 0 Å². The van der Waals surface area contributed by atoms with Crippen LogP contribution in [0.3, 0.4) is 0 Å². The van der Waals surface area contributed by atoms with Gasteiger partial charge < -0.3 is 24.4 Å². The van der Waals surface area contributed by atoms with Gasteiger partial charge >= 0.3 is 0 Å². The Labute approximate surface area is 76.6 Å². The molecule has 5 atom stereocenters. The van der Waals surface area contributed by atoms with Crippen LogP contribution in [0.1, 0.15) is 7.79 Å². The van der Waals surface area contributed by atoms with Crippen LogP contribution in [0.5, 0.6) is 0 Å². The summed E-state index contributed by atoms with van der Waals surface area (Å²) in [4.78, 5) is 0. The minimum Gasteiger partial charge on any atom is -0.393 e. The lowest BCUT2D eigenvalue weighted by Gasteiger charge is -2.56. The van der Waals surface area contributed by atoms with Crippen LogP contribution < -0.4 is 0 Å². The SMILES string of the molecule is [3H][C@@H]1O[C@@]2(CO)CC3(O)OCO[C@H]1C32. The molecule has 0 aromatic rings. The van der Waals surface area contributed by atoms with E-state index in [0.29, 0.717) is 0 Å². The van der Waals surface area contributed by atoms with E-state index >= 15 is 0 Å². The van der Waals surface area contributed by atoms with E-state index in [-0.39, 0.29) is 19.8 Å². The molecular formula is C8H12O5. The standard InChI is InChI=1S/C8H12O5/c9-3-7-2-8(10)6(7)5(1-12-7)11-4-13-8/h5-6,9-10H,1-4H2/t5-,6?,7-,8?/m1/s1/i1T/t1-,5+,6?,7+,8?/m0. The monoisotopic (exact) mass is 190 g/mol. The first-order valence-corrected chi connectivity index (χ1v) is 4.30. The number of hydrogen-bond donors (Lipinski definition) is 2. The van der Waals surface area contributed by atoms with Crippen molar-refractivity contribution in [1.29, 1.82) is 0 Å². The topological polar surface area (TPSA) is 68.2 Å². The minimum absolute atomic E-state index is 0.0160. The summed E-state index contributed by atoms with van der Waals surface area (Å²) in [5.41, 5.74) is -0.827. The molecule has 0 spiro atoms. The Kier molecular flexibility index (Phi) is 1.23. The molecule has 2 saturated heterocycles. The molecule has 74 valence electrons. The smallest absolute Gasteiger partial charge is 0.179 e. The van der Waals surface area contributed by atoms with Gasteiger partial charge in [0.15, 0.2) is 12.6 Å². The zero-order valence-electron chi connectivity index (χ0n) is 7.97. The predicted octanol–water partition coefficient (Wildman–Crippen LogP) is -1.17. The van der Waals surface area contributed by atoms with Gasteiger partial charge in [0.1, 0.15) is 5.60 Å². The fourth-order valence-corrected chi connectivity index (χ4v) is 2.56. The molecule has 5 heteroatoms. The molecule has 2 N–H and O–H groups in total. The van der Waals surface area contributed by atoms with E-state index in [9.17, 15) is 10.2 Å². The van der Waals surface area contributed by atoms with E-state index in [1.165, 1.54) is 0 Å². The van der Waals surface area contributed by atoms with Crippen LogP contribution in [0.4, 0.5) is 0 Å². The molecule has 0 aromatic heterocycles. The molecule has 1 aliphatic carbocycles. The highest BCUT2D eigenvalue weighted by Crippen LogP contribution is 2.57. The molecule has 0 aromatic carbocycles. The molecule has 3 fully saturated rings.